The minimum absolute atomic E-state index is 0.101. The Labute approximate surface area is 190 Å². The standard InChI is InChI=1S/C22H24ClN5O2S/c1-15-4-6-16(7-5-15)21-26-27-22(31)28(21)14-12-19(29)24-13-2-3-20(30)25-18-10-8-17(23)9-11-18/h4-11H,2-3,12-14H2,1H3,(H,24,29)(H,25,30)(H,27,31). The van der Waals surface area contributed by atoms with Gasteiger partial charge in [0.1, 0.15) is 0 Å². The maximum absolute atomic E-state index is 12.2. The molecule has 3 N–H and O–H groups in total. The number of benzene rings is 2. The molecule has 2 amide bonds. The van der Waals surface area contributed by atoms with E-state index in [0.29, 0.717) is 47.2 Å². The third-order valence-electron chi connectivity index (χ3n) is 4.66. The zero-order valence-electron chi connectivity index (χ0n) is 17.2. The Hall–Kier alpha value is -2.97. The summed E-state index contributed by atoms with van der Waals surface area (Å²) in [6.07, 6.45) is 1.13. The normalized spacial score (nSPS) is 10.6. The summed E-state index contributed by atoms with van der Waals surface area (Å²) >= 11 is 11.1. The van der Waals surface area contributed by atoms with Crippen molar-refractivity contribution in [3.63, 3.8) is 0 Å². The first-order valence-electron chi connectivity index (χ1n) is 9.97. The van der Waals surface area contributed by atoms with E-state index < -0.39 is 0 Å². The van der Waals surface area contributed by atoms with Crippen LogP contribution in [0, 0.1) is 11.7 Å². The molecule has 0 aliphatic rings. The Morgan fingerprint density at radius 3 is 2.48 bits per heavy atom. The van der Waals surface area contributed by atoms with E-state index >= 15 is 0 Å². The number of rotatable bonds is 9. The first-order valence-corrected chi connectivity index (χ1v) is 10.8. The number of nitrogens with one attached hydrogen (secondary N) is 3. The van der Waals surface area contributed by atoms with E-state index in [0.717, 1.165) is 11.1 Å². The Kier molecular flexibility index (Phi) is 7.97. The topological polar surface area (TPSA) is 91.8 Å². The SMILES string of the molecule is Cc1ccc(-c2n[nH]c(=S)n2CCC(=O)NCCCC(=O)Nc2ccc(Cl)cc2)cc1. The molecular formula is C22H24ClN5O2S. The lowest BCUT2D eigenvalue weighted by molar-refractivity contribution is -0.121. The molecule has 0 unspecified atom stereocenters. The molecule has 162 valence electrons. The molecule has 3 aromatic rings. The van der Waals surface area contributed by atoms with Crippen molar-refractivity contribution in [1.29, 1.82) is 0 Å². The first-order chi connectivity index (χ1) is 14.9. The average Bonchev–Trinajstić information content (AvgIpc) is 3.12. The third-order valence-corrected chi connectivity index (χ3v) is 5.22. The Bertz CT molecular complexity index is 1090. The number of anilines is 1. The van der Waals surface area contributed by atoms with E-state index in [1.165, 1.54) is 0 Å². The lowest BCUT2D eigenvalue weighted by Gasteiger charge is -2.09. The zero-order chi connectivity index (χ0) is 22.2. The molecule has 0 saturated carbocycles. The second-order valence-electron chi connectivity index (χ2n) is 7.13. The summed E-state index contributed by atoms with van der Waals surface area (Å²) in [5, 5.41) is 13.3. The van der Waals surface area contributed by atoms with Gasteiger partial charge in [0.15, 0.2) is 10.6 Å². The van der Waals surface area contributed by atoms with Crippen molar-refractivity contribution in [3.05, 3.63) is 63.9 Å². The summed E-state index contributed by atoms with van der Waals surface area (Å²) in [4.78, 5) is 24.2. The maximum Gasteiger partial charge on any atom is 0.224 e. The summed E-state index contributed by atoms with van der Waals surface area (Å²) in [5.41, 5.74) is 2.79. The number of nitrogens with zero attached hydrogens (tertiary/aromatic N) is 2. The summed E-state index contributed by atoms with van der Waals surface area (Å²) in [5.74, 6) is 0.497. The average molecular weight is 458 g/mol. The van der Waals surface area contributed by atoms with Crippen LogP contribution in [0.3, 0.4) is 0 Å². The number of carbonyl (C=O) groups is 2. The van der Waals surface area contributed by atoms with Crippen molar-refractivity contribution in [2.75, 3.05) is 11.9 Å². The molecular weight excluding hydrogens is 434 g/mol. The van der Waals surface area contributed by atoms with Gasteiger partial charge in [0.05, 0.1) is 0 Å². The van der Waals surface area contributed by atoms with Gasteiger partial charge in [0.25, 0.3) is 0 Å². The van der Waals surface area contributed by atoms with Gasteiger partial charge in [-0.25, -0.2) is 0 Å². The van der Waals surface area contributed by atoms with Gasteiger partial charge < -0.3 is 10.6 Å². The van der Waals surface area contributed by atoms with Gasteiger partial charge in [0.2, 0.25) is 11.8 Å². The molecule has 0 spiro atoms. The number of aromatic nitrogens is 3. The second-order valence-corrected chi connectivity index (χ2v) is 7.95. The Balaban J connectivity index is 1.41. The molecule has 0 bridgehead atoms. The highest BCUT2D eigenvalue weighted by Gasteiger charge is 2.11. The highest BCUT2D eigenvalue weighted by Crippen LogP contribution is 2.18. The predicted octanol–water partition coefficient (Wildman–Crippen LogP) is 4.49. The second kappa shape index (κ2) is 10.9. The van der Waals surface area contributed by atoms with Crippen molar-refractivity contribution in [3.8, 4) is 11.4 Å². The molecule has 1 aromatic heterocycles. The van der Waals surface area contributed by atoms with E-state index in [9.17, 15) is 9.59 Å². The Morgan fingerprint density at radius 2 is 1.77 bits per heavy atom. The van der Waals surface area contributed by atoms with Crippen LogP contribution in [0.2, 0.25) is 5.02 Å². The highest BCUT2D eigenvalue weighted by molar-refractivity contribution is 7.71. The molecule has 0 aliphatic carbocycles. The van der Waals surface area contributed by atoms with Crippen molar-refractivity contribution in [2.24, 2.45) is 0 Å². The van der Waals surface area contributed by atoms with Crippen molar-refractivity contribution >= 4 is 41.3 Å². The minimum Gasteiger partial charge on any atom is -0.356 e. The molecule has 0 saturated heterocycles. The molecule has 3 rings (SSSR count). The van der Waals surface area contributed by atoms with Crippen molar-refractivity contribution in [1.82, 2.24) is 20.1 Å². The molecule has 0 fully saturated rings. The number of hydrogen-bond acceptors (Lipinski definition) is 4. The van der Waals surface area contributed by atoms with E-state index in [1.807, 2.05) is 35.8 Å². The fourth-order valence-corrected chi connectivity index (χ4v) is 3.33. The van der Waals surface area contributed by atoms with Gasteiger partial charge in [-0.2, -0.15) is 5.10 Å². The number of aryl methyl sites for hydroxylation is 1. The molecule has 0 radical (unpaired) electrons. The molecule has 9 heteroatoms. The predicted molar refractivity (Wildman–Crippen MR) is 125 cm³/mol. The Morgan fingerprint density at radius 1 is 1.06 bits per heavy atom. The van der Waals surface area contributed by atoms with Gasteiger partial charge >= 0.3 is 0 Å². The molecule has 31 heavy (non-hydrogen) atoms. The van der Waals surface area contributed by atoms with Crippen LogP contribution in [0.15, 0.2) is 48.5 Å². The number of aromatic amines is 1. The minimum atomic E-state index is -0.107. The summed E-state index contributed by atoms with van der Waals surface area (Å²) in [6.45, 7) is 2.86. The monoisotopic (exact) mass is 457 g/mol. The van der Waals surface area contributed by atoms with Crippen LogP contribution >= 0.6 is 23.8 Å². The van der Waals surface area contributed by atoms with Crippen LogP contribution in [0.5, 0.6) is 0 Å². The van der Waals surface area contributed by atoms with Crippen LogP contribution < -0.4 is 10.6 Å². The highest BCUT2D eigenvalue weighted by atomic mass is 35.5. The summed E-state index contributed by atoms with van der Waals surface area (Å²) in [6, 6.07) is 14.9. The van der Waals surface area contributed by atoms with Gasteiger partial charge in [-0.3, -0.25) is 19.3 Å². The number of hydrogen-bond donors (Lipinski definition) is 3. The van der Waals surface area contributed by atoms with Crippen LogP contribution in [0.1, 0.15) is 24.8 Å². The molecule has 2 aromatic carbocycles. The van der Waals surface area contributed by atoms with E-state index in [1.54, 1.807) is 24.3 Å². The molecule has 0 aliphatic heterocycles. The fraction of sp³-hybridized carbons (Fsp3) is 0.273. The van der Waals surface area contributed by atoms with E-state index in [2.05, 4.69) is 20.8 Å². The number of amides is 2. The molecule has 1 heterocycles. The van der Waals surface area contributed by atoms with E-state index in [-0.39, 0.29) is 18.2 Å². The van der Waals surface area contributed by atoms with Crippen LogP contribution in [-0.2, 0) is 16.1 Å². The molecule has 0 atom stereocenters. The summed E-state index contributed by atoms with van der Waals surface area (Å²) in [7, 11) is 0. The lowest BCUT2D eigenvalue weighted by atomic mass is 10.1. The lowest BCUT2D eigenvalue weighted by Crippen LogP contribution is -2.26. The quantitative estimate of drug-likeness (QED) is 0.326. The van der Waals surface area contributed by atoms with E-state index in [4.69, 9.17) is 23.8 Å². The first kappa shape index (κ1) is 22.7. The van der Waals surface area contributed by atoms with Crippen molar-refractivity contribution < 1.29 is 9.59 Å². The number of carbonyl (C=O) groups excluding carboxylic acids is 2. The third kappa shape index (κ3) is 6.77. The van der Waals surface area contributed by atoms with Gasteiger partial charge in [-0.1, -0.05) is 41.4 Å². The summed E-state index contributed by atoms with van der Waals surface area (Å²) < 4.78 is 2.29. The number of H-pyrrole nitrogens is 1. The van der Waals surface area contributed by atoms with Crippen LogP contribution in [0.4, 0.5) is 5.69 Å². The van der Waals surface area contributed by atoms with Crippen LogP contribution in [0.25, 0.3) is 11.4 Å². The van der Waals surface area contributed by atoms with Gasteiger partial charge in [0, 0.05) is 42.2 Å². The maximum atomic E-state index is 12.2. The smallest absolute Gasteiger partial charge is 0.224 e. The van der Waals surface area contributed by atoms with Crippen LogP contribution in [-0.4, -0.2) is 33.1 Å². The van der Waals surface area contributed by atoms with Crippen molar-refractivity contribution in [2.45, 2.75) is 32.7 Å². The zero-order valence-corrected chi connectivity index (χ0v) is 18.7. The fourth-order valence-electron chi connectivity index (χ4n) is 2.98. The van der Waals surface area contributed by atoms with Gasteiger partial charge in [-0.05, 0) is 49.8 Å². The number of halogens is 1. The largest absolute Gasteiger partial charge is 0.356 e. The van der Waals surface area contributed by atoms with Gasteiger partial charge in [-0.15, -0.1) is 0 Å². The molecule has 7 nitrogen and oxygen atoms in total.